The highest BCUT2D eigenvalue weighted by molar-refractivity contribution is 7.80. The van der Waals surface area contributed by atoms with E-state index in [2.05, 4.69) is 22.6 Å². The summed E-state index contributed by atoms with van der Waals surface area (Å²) in [6, 6.07) is 0.277. The van der Waals surface area contributed by atoms with Crippen LogP contribution in [0.2, 0.25) is 0 Å². The van der Waals surface area contributed by atoms with Gasteiger partial charge in [0.2, 0.25) is 5.88 Å². The second-order valence-electron chi connectivity index (χ2n) is 1.75. The number of ether oxygens (including phenoxy) is 2. The summed E-state index contributed by atoms with van der Waals surface area (Å²) in [7, 11) is 3.01. The number of rotatable bonds is 2. The van der Waals surface area contributed by atoms with Crippen LogP contribution in [0.3, 0.4) is 0 Å². The summed E-state index contributed by atoms with van der Waals surface area (Å²) in [5.74, 6) is 0.417. The van der Waals surface area contributed by atoms with Gasteiger partial charge in [0.05, 0.1) is 25.3 Å². The Morgan fingerprint density at radius 3 is 2.64 bits per heavy atom. The highest BCUT2D eigenvalue weighted by Gasteiger charge is 2.02. The third kappa shape index (κ3) is 1.74. The first kappa shape index (κ1) is 8.13. The standard InChI is InChI=1S/C6H8N2O2S/c1-9-5-4(11)3-7-6(8-5)10-2/h3,11H,1-2H3. The molecule has 0 aliphatic carbocycles. The molecule has 0 bridgehead atoms. The fraction of sp³-hybridized carbons (Fsp3) is 0.333. The lowest BCUT2D eigenvalue weighted by molar-refractivity contribution is 0.345. The molecule has 0 aromatic carbocycles. The number of methoxy groups -OCH3 is 2. The minimum atomic E-state index is 0.277. The minimum absolute atomic E-state index is 0.277. The minimum Gasteiger partial charge on any atom is -0.480 e. The van der Waals surface area contributed by atoms with Crippen LogP contribution in [0.15, 0.2) is 11.1 Å². The van der Waals surface area contributed by atoms with Crippen molar-refractivity contribution in [1.29, 1.82) is 0 Å². The smallest absolute Gasteiger partial charge is 0.319 e. The molecule has 0 amide bonds. The first-order valence-corrected chi connectivity index (χ1v) is 3.36. The number of hydrogen-bond donors (Lipinski definition) is 1. The summed E-state index contributed by atoms with van der Waals surface area (Å²) < 4.78 is 9.66. The van der Waals surface area contributed by atoms with Crippen molar-refractivity contribution in [2.75, 3.05) is 14.2 Å². The van der Waals surface area contributed by atoms with E-state index in [9.17, 15) is 0 Å². The number of thiol groups is 1. The Kier molecular flexibility index (Phi) is 2.53. The number of aromatic nitrogens is 2. The lowest BCUT2D eigenvalue weighted by Gasteiger charge is -2.02. The van der Waals surface area contributed by atoms with Crippen LogP contribution in [-0.4, -0.2) is 24.2 Å². The zero-order chi connectivity index (χ0) is 8.27. The summed E-state index contributed by atoms with van der Waals surface area (Å²) in [5.41, 5.74) is 0. The molecule has 0 saturated heterocycles. The Labute approximate surface area is 70.0 Å². The molecule has 0 N–H and O–H groups in total. The SMILES string of the molecule is COc1ncc(S)c(OC)n1. The predicted octanol–water partition coefficient (Wildman–Crippen LogP) is 0.782. The molecule has 60 valence electrons. The maximum atomic E-state index is 4.88. The zero-order valence-electron chi connectivity index (χ0n) is 6.24. The van der Waals surface area contributed by atoms with E-state index in [-0.39, 0.29) is 6.01 Å². The van der Waals surface area contributed by atoms with Gasteiger partial charge in [-0.15, -0.1) is 12.6 Å². The molecule has 0 aliphatic heterocycles. The summed E-state index contributed by atoms with van der Waals surface area (Å²) in [6.45, 7) is 0. The first-order chi connectivity index (χ1) is 5.27. The quantitative estimate of drug-likeness (QED) is 0.669. The molecule has 0 fully saturated rings. The summed E-state index contributed by atoms with van der Waals surface area (Å²) in [6.07, 6.45) is 1.52. The van der Waals surface area contributed by atoms with Crippen molar-refractivity contribution in [1.82, 2.24) is 9.97 Å². The van der Waals surface area contributed by atoms with Crippen molar-refractivity contribution in [3.8, 4) is 11.9 Å². The predicted molar refractivity (Wildman–Crippen MR) is 42.4 cm³/mol. The van der Waals surface area contributed by atoms with Crippen LogP contribution in [0.4, 0.5) is 0 Å². The Balaban J connectivity index is 3.02. The van der Waals surface area contributed by atoms with Crippen LogP contribution >= 0.6 is 12.6 Å². The van der Waals surface area contributed by atoms with Crippen molar-refractivity contribution in [3.05, 3.63) is 6.20 Å². The fourth-order valence-electron chi connectivity index (χ4n) is 0.593. The molecule has 0 saturated carbocycles. The molecule has 1 aromatic heterocycles. The Morgan fingerprint density at radius 2 is 2.09 bits per heavy atom. The monoisotopic (exact) mass is 172 g/mol. The molecule has 1 heterocycles. The molecule has 0 atom stereocenters. The molecular weight excluding hydrogens is 164 g/mol. The average Bonchev–Trinajstić information content (AvgIpc) is 2.05. The topological polar surface area (TPSA) is 44.2 Å². The lowest BCUT2D eigenvalue weighted by Crippen LogP contribution is -1.95. The van der Waals surface area contributed by atoms with Gasteiger partial charge < -0.3 is 9.47 Å². The van der Waals surface area contributed by atoms with Gasteiger partial charge >= 0.3 is 6.01 Å². The molecule has 4 nitrogen and oxygen atoms in total. The highest BCUT2D eigenvalue weighted by atomic mass is 32.1. The zero-order valence-corrected chi connectivity index (χ0v) is 7.13. The van der Waals surface area contributed by atoms with Crippen LogP contribution in [0, 0.1) is 0 Å². The molecular formula is C6H8N2O2S. The van der Waals surface area contributed by atoms with Crippen molar-refractivity contribution in [3.63, 3.8) is 0 Å². The average molecular weight is 172 g/mol. The van der Waals surface area contributed by atoms with Gasteiger partial charge in [-0.1, -0.05) is 0 Å². The van der Waals surface area contributed by atoms with Crippen molar-refractivity contribution in [2.24, 2.45) is 0 Å². The highest BCUT2D eigenvalue weighted by Crippen LogP contribution is 2.19. The van der Waals surface area contributed by atoms with Gasteiger partial charge in [0, 0.05) is 0 Å². The van der Waals surface area contributed by atoms with Crippen molar-refractivity contribution < 1.29 is 9.47 Å². The lowest BCUT2D eigenvalue weighted by atomic mass is 10.6. The maximum Gasteiger partial charge on any atom is 0.319 e. The van der Waals surface area contributed by atoms with Crippen LogP contribution < -0.4 is 9.47 Å². The van der Waals surface area contributed by atoms with Gasteiger partial charge in [-0.05, 0) is 0 Å². The number of hydrogen-bond acceptors (Lipinski definition) is 5. The molecule has 0 radical (unpaired) electrons. The van der Waals surface area contributed by atoms with Crippen LogP contribution in [-0.2, 0) is 0 Å². The summed E-state index contributed by atoms with van der Waals surface area (Å²) in [4.78, 5) is 8.28. The molecule has 1 rings (SSSR count). The normalized spacial score (nSPS) is 9.36. The van der Waals surface area contributed by atoms with Gasteiger partial charge in [0.15, 0.2) is 0 Å². The van der Waals surface area contributed by atoms with E-state index in [1.807, 2.05) is 0 Å². The second kappa shape index (κ2) is 3.43. The third-order valence-electron chi connectivity index (χ3n) is 1.09. The molecule has 0 unspecified atom stereocenters. The molecule has 0 spiro atoms. The van der Waals surface area contributed by atoms with Crippen LogP contribution in [0.5, 0.6) is 11.9 Å². The Morgan fingerprint density at radius 1 is 1.36 bits per heavy atom. The van der Waals surface area contributed by atoms with Gasteiger partial charge in [-0.2, -0.15) is 4.98 Å². The maximum absolute atomic E-state index is 4.88. The Bertz CT molecular complexity index is 254. The summed E-state index contributed by atoms with van der Waals surface area (Å²) >= 11 is 4.06. The van der Waals surface area contributed by atoms with Gasteiger partial charge in [-0.3, -0.25) is 0 Å². The molecule has 11 heavy (non-hydrogen) atoms. The number of nitrogens with zero attached hydrogens (tertiary/aromatic N) is 2. The van der Waals surface area contributed by atoms with Crippen LogP contribution in [0.25, 0.3) is 0 Å². The van der Waals surface area contributed by atoms with Crippen LogP contribution in [0.1, 0.15) is 0 Å². The van der Waals surface area contributed by atoms with Gasteiger partial charge in [0.1, 0.15) is 0 Å². The molecule has 0 aliphatic rings. The summed E-state index contributed by atoms with van der Waals surface area (Å²) in [5, 5.41) is 0. The fourth-order valence-corrected chi connectivity index (χ4v) is 0.792. The van der Waals surface area contributed by atoms with E-state index in [4.69, 9.17) is 9.47 Å². The third-order valence-corrected chi connectivity index (χ3v) is 1.40. The van der Waals surface area contributed by atoms with E-state index in [1.54, 1.807) is 0 Å². The van der Waals surface area contributed by atoms with Gasteiger partial charge in [0.25, 0.3) is 0 Å². The van der Waals surface area contributed by atoms with Crippen molar-refractivity contribution in [2.45, 2.75) is 4.90 Å². The second-order valence-corrected chi connectivity index (χ2v) is 2.23. The van der Waals surface area contributed by atoms with Crippen molar-refractivity contribution >= 4 is 12.6 Å². The largest absolute Gasteiger partial charge is 0.480 e. The first-order valence-electron chi connectivity index (χ1n) is 2.92. The van der Waals surface area contributed by atoms with E-state index >= 15 is 0 Å². The van der Waals surface area contributed by atoms with E-state index in [0.717, 1.165) is 0 Å². The van der Waals surface area contributed by atoms with E-state index in [0.29, 0.717) is 10.8 Å². The molecule has 5 heteroatoms. The molecule has 1 aromatic rings. The van der Waals surface area contributed by atoms with E-state index in [1.165, 1.54) is 20.4 Å². The van der Waals surface area contributed by atoms with E-state index < -0.39 is 0 Å². The Hall–Kier alpha value is -0.970. The van der Waals surface area contributed by atoms with Gasteiger partial charge in [-0.25, -0.2) is 4.98 Å².